The minimum absolute atomic E-state index is 0.386. The van der Waals surface area contributed by atoms with Gasteiger partial charge in [0, 0.05) is 4.90 Å². The Kier molecular flexibility index (Phi) is 3.57. The zero-order valence-corrected chi connectivity index (χ0v) is 11.5. The Hall–Kier alpha value is -1.33. The first-order valence-corrected chi connectivity index (χ1v) is 7.55. The van der Waals surface area contributed by atoms with Gasteiger partial charge in [-0.3, -0.25) is 0 Å². The van der Waals surface area contributed by atoms with Gasteiger partial charge in [-0.05, 0) is 25.0 Å². The second kappa shape index (κ2) is 5.35. The van der Waals surface area contributed by atoms with Crippen molar-refractivity contribution in [1.29, 1.82) is 0 Å². The smallest absolute Gasteiger partial charge is 0.246 e. The van der Waals surface area contributed by atoms with Gasteiger partial charge < -0.3 is 10.3 Å². The van der Waals surface area contributed by atoms with E-state index in [1.165, 1.54) is 4.90 Å². The molecule has 2 N–H and O–H groups in total. The summed E-state index contributed by atoms with van der Waals surface area (Å²) in [5, 5.41) is 4.03. The minimum Gasteiger partial charge on any atom is -0.337 e. The van der Waals surface area contributed by atoms with Crippen molar-refractivity contribution in [3.8, 4) is 0 Å². The van der Waals surface area contributed by atoms with Crippen LogP contribution in [0.5, 0.6) is 0 Å². The molecule has 4 nitrogen and oxygen atoms in total. The summed E-state index contributed by atoms with van der Waals surface area (Å²) in [5.41, 5.74) is 5.91. The van der Waals surface area contributed by atoms with Crippen molar-refractivity contribution < 1.29 is 4.52 Å². The van der Waals surface area contributed by atoms with Gasteiger partial charge >= 0.3 is 0 Å². The lowest BCUT2D eigenvalue weighted by Gasteiger charge is -2.17. The summed E-state index contributed by atoms with van der Waals surface area (Å²) in [6.45, 7) is 0. The molecular formula is C14H17N3OS. The molecule has 1 heterocycles. The number of aromatic nitrogens is 2. The number of nitrogens with two attached hydrogens (primary N) is 1. The summed E-state index contributed by atoms with van der Waals surface area (Å²) in [6, 6.07) is 10.2. The molecule has 1 aromatic heterocycles. The molecule has 0 atom stereocenters. The highest BCUT2D eigenvalue weighted by atomic mass is 32.2. The lowest BCUT2D eigenvalue weighted by atomic mass is 10.00. The Morgan fingerprint density at radius 3 is 2.68 bits per heavy atom. The van der Waals surface area contributed by atoms with Gasteiger partial charge in [0.05, 0.1) is 11.3 Å². The van der Waals surface area contributed by atoms with E-state index in [-0.39, 0.29) is 5.54 Å². The summed E-state index contributed by atoms with van der Waals surface area (Å²) in [5.74, 6) is 2.04. The van der Waals surface area contributed by atoms with E-state index in [1.807, 2.05) is 18.2 Å². The van der Waals surface area contributed by atoms with Crippen LogP contribution in [0.2, 0.25) is 0 Å². The highest BCUT2D eigenvalue weighted by Crippen LogP contribution is 2.35. The van der Waals surface area contributed by atoms with E-state index in [4.69, 9.17) is 10.3 Å². The molecule has 2 aromatic rings. The molecule has 3 rings (SSSR count). The largest absolute Gasteiger partial charge is 0.337 e. The fourth-order valence-electron chi connectivity index (χ4n) is 2.40. The maximum Gasteiger partial charge on any atom is 0.246 e. The van der Waals surface area contributed by atoms with Crippen LogP contribution < -0.4 is 5.73 Å². The van der Waals surface area contributed by atoms with Crippen molar-refractivity contribution in [2.75, 3.05) is 0 Å². The number of rotatable bonds is 4. The molecule has 1 aliphatic rings. The van der Waals surface area contributed by atoms with E-state index in [2.05, 4.69) is 22.3 Å². The summed E-state index contributed by atoms with van der Waals surface area (Å²) in [4.78, 5) is 5.66. The fourth-order valence-corrected chi connectivity index (χ4v) is 3.16. The third-order valence-corrected chi connectivity index (χ3v) is 4.51. The van der Waals surface area contributed by atoms with E-state index in [9.17, 15) is 0 Å². The Labute approximate surface area is 116 Å². The second-order valence-corrected chi connectivity index (χ2v) is 6.03. The Morgan fingerprint density at radius 2 is 1.95 bits per heavy atom. The molecule has 1 saturated carbocycles. The van der Waals surface area contributed by atoms with Gasteiger partial charge in [-0.25, -0.2) is 0 Å². The van der Waals surface area contributed by atoms with Crippen LogP contribution in [0.25, 0.3) is 0 Å². The first-order valence-electron chi connectivity index (χ1n) is 6.56. The summed E-state index contributed by atoms with van der Waals surface area (Å²) in [7, 11) is 0. The summed E-state index contributed by atoms with van der Waals surface area (Å²) < 4.78 is 5.34. The van der Waals surface area contributed by atoms with E-state index < -0.39 is 0 Å². The molecule has 1 aromatic carbocycles. The van der Waals surface area contributed by atoms with Crippen molar-refractivity contribution in [3.63, 3.8) is 0 Å². The number of hydrogen-bond donors (Lipinski definition) is 1. The van der Waals surface area contributed by atoms with Gasteiger partial charge in [0.15, 0.2) is 5.82 Å². The van der Waals surface area contributed by atoms with E-state index in [0.717, 1.165) is 31.5 Å². The van der Waals surface area contributed by atoms with E-state index in [1.54, 1.807) is 11.8 Å². The van der Waals surface area contributed by atoms with Crippen LogP contribution >= 0.6 is 11.8 Å². The number of nitrogens with zero attached hydrogens (tertiary/aromatic N) is 2. The molecule has 100 valence electrons. The SMILES string of the molecule is NC1(c2nc(CSc3ccccc3)no2)CCCC1. The molecule has 5 heteroatoms. The summed E-state index contributed by atoms with van der Waals surface area (Å²) in [6.07, 6.45) is 4.18. The minimum atomic E-state index is -0.386. The van der Waals surface area contributed by atoms with Crippen molar-refractivity contribution in [2.24, 2.45) is 5.73 Å². The van der Waals surface area contributed by atoms with Crippen LogP contribution in [0.15, 0.2) is 39.8 Å². The zero-order chi connectivity index (χ0) is 13.1. The average molecular weight is 275 g/mol. The maximum atomic E-state index is 6.30. The van der Waals surface area contributed by atoms with Crippen LogP contribution in [-0.2, 0) is 11.3 Å². The molecule has 19 heavy (non-hydrogen) atoms. The summed E-state index contributed by atoms with van der Waals surface area (Å²) >= 11 is 1.70. The number of thioether (sulfide) groups is 1. The van der Waals surface area contributed by atoms with Crippen molar-refractivity contribution >= 4 is 11.8 Å². The lowest BCUT2D eigenvalue weighted by Crippen LogP contribution is -2.33. The van der Waals surface area contributed by atoms with Crippen LogP contribution in [0, 0.1) is 0 Å². The van der Waals surface area contributed by atoms with Gasteiger partial charge in [0.2, 0.25) is 5.89 Å². The fraction of sp³-hybridized carbons (Fsp3) is 0.429. The Balaban J connectivity index is 1.65. The lowest BCUT2D eigenvalue weighted by molar-refractivity contribution is 0.284. The van der Waals surface area contributed by atoms with E-state index >= 15 is 0 Å². The standard InChI is InChI=1S/C14H17N3OS/c15-14(8-4-5-9-14)13-16-12(17-18-13)10-19-11-6-2-1-3-7-11/h1-3,6-7H,4-5,8-10,15H2. The van der Waals surface area contributed by atoms with Crippen LogP contribution in [0.1, 0.15) is 37.4 Å². The second-order valence-electron chi connectivity index (χ2n) is 4.98. The third-order valence-electron chi connectivity index (χ3n) is 3.50. The molecule has 0 amide bonds. The molecule has 0 radical (unpaired) electrons. The van der Waals surface area contributed by atoms with Gasteiger partial charge in [-0.1, -0.05) is 36.2 Å². The number of hydrogen-bond acceptors (Lipinski definition) is 5. The Morgan fingerprint density at radius 1 is 1.21 bits per heavy atom. The number of benzene rings is 1. The van der Waals surface area contributed by atoms with Gasteiger partial charge in [0.1, 0.15) is 0 Å². The molecule has 0 bridgehead atoms. The normalized spacial score (nSPS) is 17.7. The highest BCUT2D eigenvalue weighted by molar-refractivity contribution is 7.98. The van der Waals surface area contributed by atoms with Crippen LogP contribution in [-0.4, -0.2) is 10.1 Å². The van der Waals surface area contributed by atoms with E-state index in [0.29, 0.717) is 11.6 Å². The first kappa shape index (κ1) is 12.7. The quantitative estimate of drug-likeness (QED) is 0.869. The predicted octanol–water partition coefficient (Wildman–Crippen LogP) is 3.09. The molecule has 0 aliphatic heterocycles. The van der Waals surface area contributed by atoms with Crippen LogP contribution in [0.3, 0.4) is 0 Å². The topological polar surface area (TPSA) is 64.9 Å². The molecule has 0 spiro atoms. The van der Waals surface area contributed by atoms with Gasteiger partial charge in [0.25, 0.3) is 0 Å². The van der Waals surface area contributed by atoms with Crippen molar-refractivity contribution in [1.82, 2.24) is 10.1 Å². The first-order chi connectivity index (χ1) is 9.26. The van der Waals surface area contributed by atoms with Crippen molar-refractivity contribution in [3.05, 3.63) is 42.0 Å². The van der Waals surface area contributed by atoms with Crippen LogP contribution in [0.4, 0.5) is 0 Å². The predicted molar refractivity (Wildman–Crippen MR) is 74.6 cm³/mol. The van der Waals surface area contributed by atoms with Gasteiger partial charge in [-0.15, -0.1) is 11.8 Å². The monoisotopic (exact) mass is 275 g/mol. The molecule has 0 unspecified atom stereocenters. The molecule has 0 saturated heterocycles. The zero-order valence-electron chi connectivity index (χ0n) is 10.7. The maximum absolute atomic E-state index is 6.30. The highest BCUT2D eigenvalue weighted by Gasteiger charge is 2.36. The molecule has 1 aliphatic carbocycles. The van der Waals surface area contributed by atoms with Gasteiger partial charge in [-0.2, -0.15) is 4.98 Å². The molecule has 1 fully saturated rings. The Bertz CT molecular complexity index is 535. The molecular weight excluding hydrogens is 258 g/mol. The van der Waals surface area contributed by atoms with Crippen molar-refractivity contribution in [2.45, 2.75) is 41.9 Å². The third kappa shape index (κ3) is 2.82. The average Bonchev–Trinajstić information content (AvgIpc) is 3.07.